The summed E-state index contributed by atoms with van der Waals surface area (Å²) in [5.41, 5.74) is 15.6. The third kappa shape index (κ3) is 2.73. The summed E-state index contributed by atoms with van der Waals surface area (Å²) in [5, 5.41) is 2.67. The minimum Gasteiger partial charge on any atom is -0.202 e. The molecule has 0 amide bonds. The molecule has 2 aromatic heterocycles. The van der Waals surface area contributed by atoms with E-state index in [2.05, 4.69) is 96.3 Å². The second-order valence-corrected chi connectivity index (χ2v) is 10.0. The monoisotopic (exact) mass is 697 g/mol. The van der Waals surface area contributed by atoms with Gasteiger partial charge in [0.25, 0.3) is 0 Å². The predicted octanol–water partition coefficient (Wildman–Crippen LogP) is 2.76. The van der Waals surface area contributed by atoms with Crippen LogP contribution >= 0.6 is 0 Å². The summed E-state index contributed by atoms with van der Waals surface area (Å²) in [6.07, 6.45) is 19.0. The Morgan fingerprint density at radius 2 is 1.44 bits per heavy atom. The van der Waals surface area contributed by atoms with Crippen LogP contribution in [0.2, 0.25) is 0 Å². The molecule has 0 bridgehead atoms. The fourth-order valence-corrected chi connectivity index (χ4v) is 7.28. The number of nitrogens with zero attached hydrogens (tertiary/aromatic N) is 4. The van der Waals surface area contributed by atoms with Crippen LogP contribution in [0.1, 0.15) is 61.3 Å². The van der Waals surface area contributed by atoms with Crippen LogP contribution in [0.15, 0.2) is 28.6 Å². The normalized spacial score (nSPS) is 22.2. The number of allylic oxidation sites excluding steroid dienone is 5. The molecular weight excluding hydrogens is 671 g/mol. The third-order valence-electron chi connectivity index (χ3n) is 8.62. The van der Waals surface area contributed by atoms with Crippen molar-refractivity contribution in [3.05, 3.63) is 85.1 Å². The summed E-state index contributed by atoms with van der Waals surface area (Å²) in [5.74, 6) is -0.552. The second kappa shape index (κ2) is 8.71. The van der Waals surface area contributed by atoms with Gasteiger partial charge in [0.2, 0.25) is 0 Å². The van der Waals surface area contributed by atoms with Gasteiger partial charge in [0.05, 0.1) is 22.1 Å². The van der Waals surface area contributed by atoms with Gasteiger partial charge in [-0.05, 0) is 73.2 Å². The van der Waals surface area contributed by atoms with Crippen molar-refractivity contribution < 1.29 is 107 Å². The van der Waals surface area contributed by atoms with E-state index in [1.807, 2.05) is 0 Å². The van der Waals surface area contributed by atoms with Crippen molar-refractivity contribution >= 4 is 29.7 Å². The number of hydrogen-bond acceptors (Lipinski definition) is 0. The van der Waals surface area contributed by atoms with Crippen LogP contribution in [-0.2, 0) is 117 Å². The van der Waals surface area contributed by atoms with Crippen molar-refractivity contribution in [1.82, 2.24) is 9.13 Å². The van der Waals surface area contributed by atoms with Crippen LogP contribution in [-0.4, -0.2) is 29.7 Å². The van der Waals surface area contributed by atoms with Crippen molar-refractivity contribution in [1.29, 1.82) is 0 Å². The van der Waals surface area contributed by atoms with Crippen LogP contribution in [0, 0.1) is 26.0 Å². The molecule has 7 heteroatoms. The van der Waals surface area contributed by atoms with Gasteiger partial charge in [-0.1, -0.05) is 51.0 Å². The van der Waals surface area contributed by atoms with Gasteiger partial charge in [-0.2, -0.15) is 9.15 Å². The molecule has 4 nitrogen and oxygen atoms in total. The minimum absolute atomic E-state index is 0. The zero-order chi connectivity index (χ0) is 22.5. The van der Waals surface area contributed by atoms with Gasteiger partial charge >= 0.3 is 5.91 Å². The summed E-state index contributed by atoms with van der Waals surface area (Å²) >= 11 is 0. The van der Waals surface area contributed by atoms with Crippen molar-refractivity contribution in [3.63, 3.8) is 0 Å². The average molecular weight is 697 g/mol. The Balaban J connectivity index is 0.000000889. The van der Waals surface area contributed by atoms with Gasteiger partial charge < -0.3 is 0 Å². The standard InChI is InChI=1S/C29H26N4.3Y/c1-7-21-18(6)26-14-28-22(8-2)17(5)25-12-23-15(3)9-19-11-20-10-16(4)24-13-27(21)33(26)29(30(19)23,31(20)24)32(25)28;;;/h11-14H,7-8H2,1-6H3;;;/t29-;;;/m1.../s1. The number of aromatic nitrogens is 2. The molecule has 3 radical (unpaired) electrons. The zero-order valence-electron chi connectivity index (χ0n) is 21.7. The number of hydrogen-bond donors (Lipinski definition) is 0. The Morgan fingerprint density at radius 3 is 2.14 bits per heavy atom. The van der Waals surface area contributed by atoms with Crippen molar-refractivity contribution in [2.24, 2.45) is 0 Å². The molecule has 0 fully saturated rings. The SMILES string of the molecule is CCc1c(C)c2n3c1C=C1C(C)=[C-]C4=[N+]1[C@]31n3c(c(C)c(CC)c3=C2)=CC2=[N+]1C(=C4)[C-]=C2C.[Y].[Y].[Y]. The van der Waals surface area contributed by atoms with E-state index in [9.17, 15) is 0 Å². The van der Waals surface area contributed by atoms with Crippen molar-refractivity contribution in [3.8, 4) is 0 Å². The van der Waals surface area contributed by atoms with Crippen LogP contribution in [0.3, 0.4) is 0 Å². The Morgan fingerprint density at radius 1 is 0.722 bits per heavy atom. The maximum atomic E-state index is 3.72. The van der Waals surface area contributed by atoms with Gasteiger partial charge in [0.15, 0.2) is 0 Å². The van der Waals surface area contributed by atoms with E-state index in [-0.39, 0.29) is 98.1 Å². The van der Waals surface area contributed by atoms with Gasteiger partial charge in [-0.15, -0.1) is 0 Å². The molecule has 0 unspecified atom stereocenters. The molecule has 8 rings (SSSR count). The van der Waals surface area contributed by atoms with E-state index >= 15 is 0 Å². The second-order valence-electron chi connectivity index (χ2n) is 10.0. The molecule has 6 aliphatic rings. The molecule has 0 aromatic carbocycles. The summed E-state index contributed by atoms with van der Waals surface area (Å²) in [6, 6.07) is 0. The van der Waals surface area contributed by atoms with Gasteiger partial charge in [-0.3, -0.25) is 0 Å². The summed E-state index contributed by atoms with van der Waals surface area (Å²) < 4.78 is 10.3. The Kier molecular flexibility index (Phi) is 6.64. The van der Waals surface area contributed by atoms with E-state index in [0.717, 1.165) is 24.3 Å². The molecule has 0 aliphatic carbocycles. The molecule has 8 heterocycles. The molecule has 36 heavy (non-hydrogen) atoms. The van der Waals surface area contributed by atoms with Gasteiger partial charge in [0.1, 0.15) is 22.8 Å². The third-order valence-corrected chi connectivity index (χ3v) is 8.62. The smallest absolute Gasteiger partial charge is 0.202 e. The maximum Gasteiger partial charge on any atom is 0.529 e. The fraction of sp³-hybridized carbons (Fsp3) is 0.310. The topological polar surface area (TPSA) is 15.9 Å². The molecule has 171 valence electrons. The zero-order valence-corrected chi connectivity index (χ0v) is 30.3. The van der Waals surface area contributed by atoms with Crippen LogP contribution in [0.4, 0.5) is 0 Å². The molecule has 1 atom stereocenters. The van der Waals surface area contributed by atoms with Gasteiger partial charge in [0, 0.05) is 98.1 Å². The molecule has 1 spiro atoms. The molecule has 6 aliphatic heterocycles. The van der Waals surface area contributed by atoms with Gasteiger partial charge in [-0.25, -0.2) is 9.13 Å². The Labute approximate surface area is 287 Å². The van der Waals surface area contributed by atoms with Crippen molar-refractivity contribution in [2.45, 2.75) is 60.3 Å². The Hall–Kier alpha value is -0.0883. The first-order chi connectivity index (χ1) is 15.9. The molecular formula is C29H26N4Y3. The Bertz CT molecular complexity index is 1760. The van der Waals surface area contributed by atoms with E-state index in [4.69, 9.17) is 0 Å². The minimum atomic E-state index is -0.552. The van der Waals surface area contributed by atoms with E-state index < -0.39 is 5.91 Å². The summed E-state index contributed by atoms with van der Waals surface area (Å²) in [7, 11) is 0. The molecule has 2 aromatic rings. The maximum absolute atomic E-state index is 3.72. The summed E-state index contributed by atoms with van der Waals surface area (Å²) in [4.78, 5) is 0. The van der Waals surface area contributed by atoms with E-state index in [1.165, 1.54) is 66.9 Å². The van der Waals surface area contributed by atoms with E-state index in [1.54, 1.807) is 0 Å². The first-order valence-corrected chi connectivity index (χ1v) is 12.1. The van der Waals surface area contributed by atoms with Crippen LogP contribution in [0.5, 0.6) is 0 Å². The molecule has 0 saturated carbocycles. The first-order valence-electron chi connectivity index (χ1n) is 12.1. The van der Waals surface area contributed by atoms with Crippen LogP contribution in [0.25, 0.3) is 18.2 Å². The van der Waals surface area contributed by atoms with Crippen LogP contribution < -0.4 is 10.7 Å². The predicted molar refractivity (Wildman–Crippen MR) is 129 cm³/mol. The number of rotatable bonds is 2. The largest absolute Gasteiger partial charge is 0.529 e. The molecule has 0 N–H and O–H groups in total. The first kappa shape index (κ1) is 27.5. The summed E-state index contributed by atoms with van der Waals surface area (Å²) in [6.45, 7) is 13.6. The molecule has 0 saturated heterocycles. The average Bonchev–Trinajstić information content (AvgIpc) is 3.46. The van der Waals surface area contributed by atoms with E-state index in [0.29, 0.717) is 0 Å². The fourth-order valence-electron chi connectivity index (χ4n) is 7.28. The quantitative estimate of drug-likeness (QED) is 0.340. The van der Waals surface area contributed by atoms with Crippen molar-refractivity contribution in [2.75, 3.05) is 0 Å².